The summed E-state index contributed by atoms with van der Waals surface area (Å²) in [6.07, 6.45) is 0. The molecule has 1 aromatic carbocycles. The summed E-state index contributed by atoms with van der Waals surface area (Å²) >= 11 is 0. The summed E-state index contributed by atoms with van der Waals surface area (Å²) in [6, 6.07) is 5.16. The van der Waals surface area contributed by atoms with Gasteiger partial charge in [-0.05, 0) is 19.9 Å². The third kappa shape index (κ3) is 3.62. The third-order valence-corrected chi connectivity index (χ3v) is 6.46. The van der Waals surface area contributed by atoms with Gasteiger partial charge in [-0.3, -0.25) is 15.0 Å². The number of rotatable bonds is 5. The number of benzene rings is 1. The molecular formula is C16H20N4O5S. The first-order chi connectivity index (χ1) is 12.3. The summed E-state index contributed by atoms with van der Waals surface area (Å²) in [4.78, 5) is 12.4. The van der Waals surface area contributed by atoms with Gasteiger partial charge < -0.3 is 4.52 Å². The van der Waals surface area contributed by atoms with Gasteiger partial charge in [0.15, 0.2) is 0 Å². The Hall–Kier alpha value is -2.30. The van der Waals surface area contributed by atoms with Crippen LogP contribution < -0.4 is 0 Å². The second kappa shape index (κ2) is 7.14. The largest absolute Gasteiger partial charge is 0.361 e. The molecule has 0 spiro atoms. The van der Waals surface area contributed by atoms with Gasteiger partial charge in [0.25, 0.3) is 5.69 Å². The molecule has 140 valence electrons. The van der Waals surface area contributed by atoms with Crippen molar-refractivity contribution in [1.82, 2.24) is 14.4 Å². The normalized spacial score (nSPS) is 16.7. The van der Waals surface area contributed by atoms with E-state index in [2.05, 4.69) is 10.1 Å². The molecular weight excluding hydrogens is 360 g/mol. The van der Waals surface area contributed by atoms with Crippen molar-refractivity contribution < 1.29 is 17.9 Å². The molecule has 0 radical (unpaired) electrons. The number of hydrogen-bond donors (Lipinski definition) is 0. The molecule has 0 atom stereocenters. The first kappa shape index (κ1) is 18.5. The molecule has 0 N–H and O–H groups in total. The highest BCUT2D eigenvalue weighted by molar-refractivity contribution is 7.89. The lowest BCUT2D eigenvalue weighted by molar-refractivity contribution is -0.385. The Morgan fingerprint density at radius 2 is 1.92 bits per heavy atom. The van der Waals surface area contributed by atoms with Crippen LogP contribution in [0.1, 0.15) is 17.0 Å². The first-order valence-electron chi connectivity index (χ1n) is 8.18. The van der Waals surface area contributed by atoms with Crippen LogP contribution in [0.3, 0.4) is 0 Å². The Bertz CT molecular complexity index is 897. The minimum absolute atomic E-state index is 0.0501. The molecule has 0 unspecified atom stereocenters. The topological polar surface area (TPSA) is 110 Å². The standard InChI is InChI=1S/C16H20N4O5S/c1-12-16(13(2)25-17-12)11-18-6-8-19(9-7-18)26(23,24)15-5-3-4-14(10-15)20(21)22/h3-5,10H,6-9,11H2,1-2H3. The van der Waals surface area contributed by atoms with Crippen molar-refractivity contribution in [2.45, 2.75) is 25.3 Å². The molecule has 0 amide bonds. The average Bonchev–Trinajstić information content (AvgIpc) is 2.94. The number of sulfonamides is 1. The van der Waals surface area contributed by atoms with Crippen LogP contribution in [-0.2, 0) is 16.6 Å². The summed E-state index contributed by atoms with van der Waals surface area (Å²) in [7, 11) is -3.75. The van der Waals surface area contributed by atoms with Crippen molar-refractivity contribution in [3.05, 3.63) is 51.4 Å². The fraction of sp³-hybridized carbons (Fsp3) is 0.438. The molecule has 1 aliphatic heterocycles. The molecule has 3 rings (SSSR count). The monoisotopic (exact) mass is 380 g/mol. The van der Waals surface area contributed by atoms with Gasteiger partial charge in [-0.25, -0.2) is 8.42 Å². The lowest BCUT2D eigenvalue weighted by Crippen LogP contribution is -2.48. The first-order valence-corrected chi connectivity index (χ1v) is 9.62. The Morgan fingerprint density at radius 3 is 2.50 bits per heavy atom. The maximum absolute atomic E-state index is 12.8. The van der Waals surface area contributed by atoms with E-state index in [-0.39, 0.29) is 10.6 Å². The molecule has 26 heavy (non-hydrogen) atoms. The van der Waals surface area contributed by atoms with E-state index in [0.717, 1.165) is 23.1 Å². The van der Waals surface area contributed by atoms with Crippen LogP contribution in [0.5, 0.6) is 0 Å². The van der Waals surface area contributed by atoms with E-state index in [1.54, 1.807) is 0 Å². The average molecular weight is 380 g/mol. The SMILES string of the molecule is Cc1noc(C)c1CN1CCN(S(=O)(=O)c2cccc([N+](=O)[O-])c2)CC1. The quantitative estimate of drug-likeness (QED) is 0.573. The van der Waals surface area contributed by atoms with Crippen LogP contribution >= 0.6 is 0 Å². The van der Waals surface area contributed by atoms with E-state index in [9.17, 15) is 18.5 Å². The summed E-state index contributed by atoms with van der Waals surface area (Å²) in [6.45, 7) is 6.19. The molecule has 1 aromatic heterocycles. The van der Waals surface area contributed by atoms with Crippen LogP contribution in [0.2, 0.25) is 0 Å². The Labute approximate surface area is 151 Å². The highest BCUT2D eigenvalue weighted by Gasteiger charge is 2.30. The molecule has 0 saturated carbocycles. The van der Waals surface area contributed by atoms with E-state index < -0.39 is 14.9 Å². The van der Waals surface area contributed by atoms with Crippen LogP contribution in [0.25, 0.3) is 0 Å². The van der Waals surface area contributed by atoms with Gasteiger partial charge in [-0.2, -0.15) is 4.31 Å². The molecule has 1 fully saturated rings. The molecule has 9 nitrogen and oxygen atoms in total. The zero-order chi connectivity index (χ0) is 18.9. The van der Waals surface area contributed by atoms with Crippen LogP contribution in [0.4, 0.5) is 5.69 Å². The zero-order valence-electron chi connectivity index (χ0n) is 14.6. The van der Waals surface area contributed by atoms with Gasteiger partial charge >= 0.3 is 0 Å². The second-order valence-electron chi connectivity index (χ2n) is 6.24. The predicted molar refractivity (Wildman–Crippen MR) is 93.1 cm³/mol. The fourth-order valence-electron chi connectivity index (χ4n) is 2.99. The predicted octanol–water partition coefficient (Wildman–Crippen LogP) is 1.71. The molecule has 2 heterocycles. The summed E-state index contributed by atoms with van der Waals surface area (Å²) in [5.74, 6) is 0.772. The molecule has 2 aromatic rings. The summed E-state index contributed by atoms with van der Waals surface area (Å²) in [5, 5.41) is 14.8. The van der Waals surface area contributed by atoms with Gasteiger partial charge in [0.1, 0.15) is 5.76 Å². The van der Waals surface area contributed by atoms with Crippen molar-refractivity contribution in [3.63, 3.8) is 0 Å². The van der Waals surface area contributed by atoms with E-state index in [0.29, 0.717) is 32.7 Å². The van der Waals surface area contributed by atoms with Crippen LogP contribution in [0, 0.1) is 24.0 Å². The van der Waals surface area contributed by atoms with Crippen molar-refractivity contribution >= 4 is 15.7 Å². The number of non-ortho nitro benzene ring substituents is 1. The maximum atomic E-state index is 12.8. The number of hydrogen-bond acceptors (Lipinski definition) is 7. The molecule has 1 saturated heterocycles. The Balaban J connectivity index is 1.69. The number of aryl methyl sites for hydroxylation is 2. The number of aromatic nitrogens is 1. The van der Waals surface area contributed by atoms with Gasteiger partial charge in [-0.1, -0.05) is 11.2 Å². The highest BCUT2D eigenvalue weighted by atomic mass is 32.2. The van der Waals surface area contributed by atoms with Crippen LogP contribution in [0.15, 0.2) is 33.7 Å². The fourth-order valence-corrected chi connectivity index (χ4v) is 4.45. The maximum Gasteiger partial charge on any atom is 0.270 e. The Kier molecular flexibility index (Phi) is 5.08. The molecule has 0 bridgehead atoms. The third-order valence-electron chi connectivity index (χ3n) is 4.56. The molecule has 10 heteroatoms. The minimum atomic E-state index is -3.75. The van der Waals surface area contributed by atoms with E-state index in [1.165, 1.54) is 22.5 Å². The molecule has 0 aliphatic carbocycles. The Morgan fingerprint density at radius 1 is 1.23 bits per heavy atom. The van der Waals surface area contributed by atoms with Gasteiger partial charge in [0.2, 0.25) is 10.0 Å². The number of piperazine rings is 1. The second-order valence-corrected chi connectivity index (χ2v) is 8.18. The van der Waals surface area contributed by atoms with Crippen molar-refractivity contribution in [2.24, 2.45) is 0 Å². The van der Waals surface area contributed by atoms with E-state index >= 15 is 0 Å². The van der Waals surface area contributed by atoms with E-state index in [1.807, 2.05) is 13.8 Å². The van der Waals surface area contributed by atoms with Gasteiger partial charge in [0, 0.05) is 50.4 Å². The number of nitro benzene ring substituents is 1. The number of nitro groups is 1. The van der Waals surface area contributed by atoms with Crippen LogP contribution in [-0.4, -0.2) is 53.9 Å². The van der Waals surface area contributed by atoms with Gasteiger partial charge in [-0.15, -0.1) is 0 Å². The highest BCUT2D eigenvalue weighted by Crippen LogP contribution is 2.23. The summed E-state index contributed by atoms with van der Waals surface area (Å²) < 4.78 is 32.0. The summed E-state index contributed by atoms with van der Waals surface area (Å²) in [5.41, 5.74) is 1.64. The van der Waals surface area contributed by atoms with Crippen molar-refractivity contribution in [3.8, 4) is 0 Å². The lowest BCUT2D eigenvalue weighted by atomic mass is 10.2. The minimum Gasteiger partial charge on any atom is -0.361 e. The zero-order valence-corrected chi connectivity index (χ0v) is 15.4. The van der Waals surface area contributed by atoms with Crippen molar-refractivity contribution in [1.29, 1.82) is 0 Å². The lowest BCUT2D eigenvalue weighted by Gasteiger charge is -2.33. The van der Waals surface area contributed by atoms with Gasteiger partial charge in [0.05, 0.1) is 15.5 Å². The van der Waals surface area contributed by atoms with Crippen molar-refractivity contribution in [2.75, 3.05) is 26.2 Å². The smallest absolute Gasteiger partial charge is 0.270 e. The number of nitrogens with zero attached hydrogens (tertiary/aromatic N) is 4. The molecule has 1 aliphatic rings. The van der Waals surface area contributed by atoms with E-state index in [4.69, 9.17) is 4.52 Å².